The number of amides is 5. The van der Waals surface area contributed by atoms with Crippen LogP contribution in [0.5, 0.6) is 11.5 Å². The van der Waals surface area contributed by atoms with E-state index < -0.39 is 29.7 Å². The summed E-state index contributed by atoms with van der Waals surface area (Å²) >= 11 is 0. The first kappa shape index (κ1) is 45.5. The molecule has 2 atom stereocenters. The zero-order chi connectivity index (χ0) is 45.8. The maximum absolute atomic E-state index is 13.2. The number of nitrogen functional groups attached to an aromatic ring is 1. The first-order valence-corrected chi connectivity index (χ1v) is 21.9. The van der Waals surface area contributed by atoms with Crippen molar-refractivity contribution >= 4 is 52.1 Å². The van der Waals surface area contributed by atoms with Crippen LogP contribution in [0.1, 0.15) is 52.4 Å². The van der Waals surface area contributed by atoms with Crippen LogP contribution >= 0.6 is 0 Å². The van der Waals surface area contributed by atoms with E-state index in [2.05, 4.69) is 20.6 Å². The number of likely N-dealkylation sites (tertiary alicyclic amines) is 1. The normalized spacial score (nSPS) is 17.5. The van der Waals surface area contributed by atoms with Crippen molar-refractivity contribution in [3.8, 4) is 22.8 Å². The van der Waals surface area contributed by atoms with Gasteiger partial charge in [0.15, 0.2) is 5.65 Å². The third kappa shape index (κ3) is 10.7. The highest BCUT2D eigenvalue weighted by atomic mass is 16.6. The molecule has 5 heterocycles. The maximum atomic E-state index is 13.2. The highest BCUT2D eigenvalue weighted by Gasteiger charge is 2.45. The molecule has 0 bridgehead atoms. The van der Waals surface area contributed by atoms with E-state index >= 15 is 0 Å². The third-order valence-electron chi connectivity index (χ3n) is 11.3. The molecular formula is C47H51N9O10. The number of aromatic nitrogens is 4. The molecule has 0 spiro atoms. The van der Waals surface area contributed by atoms with Gasteiger partial charge in [-0.2, -0.15) is 5.10 Å². The molecule has 2 saturated heterocycles. The van der Waals surface area contributed by atoms with Crippen LogP contribution < -0.4 is 21.1 Å². The fourth-order valence-electron chi connectivity index (χ4n) is 8.10. The Morgan fingerprint density at radius 2 is 1.55 bits per heavy atom. The Kier molecular flexibility index (Phi) is 15.0. The monoisotopic (exact) mass is 901 g/mol. The SMILES string of the molecule is Nc1ncnc2c1c(-c1ccc(Oc3ccccc3)cc1)nn2C1CCCN(C(=O)/C=C/COCCOCCOCCOCCNc2cccc3c2C(=O)N(C2CCC(=O)NC2=O)C3=O)C1. The molecule has 66 heavy (non-hydrogen) atoms. The van der Waals surface area contributed by atoms with Crippen molar-refractivity contribution < 1.29 is 47.7 Å². The molecule has 0 aliphatic carbocycles. The van der Waals surface area contributed by atoms with E-state index in [9.17, 15) is 24.0 Å². The number of anilines is 2. The van der Waals surface area contributed by atoms with Gasteiger partial charge in [0.2, 0.25) is 17.7 Å². The van der Waals surface area contributed by atoms with E-state index in [1.807, 2.05) is 64.2 Å². The summed E-state index contributed by atoms with van der Waals surface area (Å²) in [5, 5.41) is 11.0. The summed E-state index contributed by atoms with van der Waals surface area (Å²) in [4.78, 5) is 75.0. The smallest absolute Gasteiger partial charge is 0.264 e. The van der Waals surface area contributed by atoms with Crippen LogP contribution in [0.2, 0.25) is 0 Å². The predicted octanol–water partition coefficient (Wildman–Crippen LogP) is 4.17. The van der Waals surface area contributed by atoms with Crippen LogP contribution in [0.25, 0.3) is 22.3 Å². The molecule has 2 unspecified atom stereocenters. The van der Waals surface area contributed by atoms with Gasteiger partial charge in [-0.3, -0.25) is 34.2 Å². The summed E-state index contributed by atoms with van der Waals surface area (Å²) in [6.07, 6.45) is 6.45. The van der Waals surface area contributed by atoms with Gasteiger partial charge in [-0.15, -0.1) is 0 Å². The lowest BCUT2D eigenvalue weighted by Gasteiger charge is -2.32. The van der Waals surface area contributed by atoms with Gasteiger partial charge >= 0.3 is 0 Å². The number of nitrogens with zero attached hydrogens (tertiary/aromatic N) is 6. The molecule has 19 heteroatoms. The van der Waals surface area contributed by atoms with Crippen molar-refractivity contribution in [3.05, 3.63) is 102 Å². The van der Waals surface area contributed by atoms with Crippen molar-refractivity contribution in [1.29, 1.82) is 0 Å². The van der Waals surface area contributed by atoms with E-state index in [0.717, 1.165) is 29.1 Å². The number of para-hydroxylation sites is 1. The van der Waals surface area contributed by atoms with Crippen LogP contribution in [0.4, 0.5) is 11.5 Å². The minimum absolute atomic E-state index is 0.0547. The summed E-state index contributed by atoms with van der Waals surface area (Å²) in [6.45, 7) is 4.19. The fourth-order valence-corrected chi connectivity index (χ4v) is 8.10. The van der Waals surface area contributed by atoms with E-state index in [4.69, 9.17) is 34.5 Å². The molecule has 2 fully saturated rings. The number of ether oxygens (including phenoxy) is 5. The molecule has 3 aliphatic rings. The first-order valence-electron chi connectivity index (χ1n) is 21.9. The van der Waals surface area contributed by atoms with Gasteiger partial charge in [-0.05, 0) is 67.8 Å². The number of nitrogens with one attached hydrogen (secondary N) is 2. The lowest BCUT2D eigenvalue weighted by Crippen LogP contribution is -2.54. The molecule has 19 nitrogen and oxygen atoms in total. The van der Waals surface area contributed by atoms with Crippen molar-refractivity contribution in [1.82, 2.24) is 34.9 Å². The fraction of sp³-hybridized carbons (Fsp3) is 0.362. The van der Waals surface area contributed by atoms with E-state index in [0.29, 0.717) is 99.9 Å². The third-order valence-corrected chi connectivity index (χ3v) is 11.3. The lowest BCUT2D eigenvalue weighted by molar-refractivity contribution is -0.136. The number of carbonyl (C=O) groups is 5. The largest absolute Gasteiger partial charge is 0.457 e. The van der Waals surface area contributed by atoms with Crippen LogP contribution in [0.15, 0.2) is 91.3 Å². The lowest BCUT2D eigenvalue weighted by atomic mass is 10.0. The molecule has 0 radical (unpaired) electrons. The molecular weight excluding hydrogens is 851 g/mol. The average Bonchev–Trinajstić information content (AvgIpc) is 3.85. The number of carbonyl (C=O) groups excluding carboxylic acids is 5. The van der Waals surface area contributed by atoms with Crippen molar-refractivity contribution in [2.45, 2.75) is 37.8 Å². The molecule has 3 aromatic carbocycles. The highest BCUT2D eigenvalue weighted by Crippen LogP contribution is 2.36. The Balaban J connectivity index is 0.687. The summed E-state index contributed by atoms with van der Waals surface area (Å²) in [6, 6.07) is 21.0. The average molecular weight is 902 g/mol. The maximum Gasteiger partial charge on any atom is 0.264 e. The van der Waals surface area contributed by atoms with Crippen molar-refractivity contribution in [2.24, 2.45) is 0 Å². The number of rotatable bonds is 21. The van der Waals surface area contributed by atoms with E-state index in [1.165, 1.54) is 12.4 Å². The van der Waals surface area contributed by atoms with Crippen LogP contribution in [0, 0.1) is 0 Å². The van der Waals surface area contributed by atoms with E-state index in [-0.39, 0.29) is 42.5 Å². The van der Waals surface area contributed by atoms with Crippen molar-refractivity contribution in [2.75, 3.05) is 83.5 Å². The summed E-state index contributed by atoms with van der Waals surface area (Å²) in [7, 11) is 0. The van der Waals surface area contributed by atoms with Gasteiger partial charge in [0.1, 0.15) is 35.4 Å². The van der Waals surface area contributed by atoms with Crippen LogP contribution in [-0.4, -0.2) is 138 Å². The number of fused-ring (bicyclic) bond motifs is 2. The number of imide groups is 2. The Morgan fingerprint density at radius 3 is 2.30 bits per heavy atom. The Labute approximate surface area is 380 Å². The molecule has 5 aromatic rings. The Morgan fingerprint density at radius 1 is 0.818 bits per heavy atom. The second-order valence-corrected chi connectivity index (χ2v) is 15.7. The molecule has 2 aromatic heterocycles. The number of nitrogens with two attached hydrogens (primary N) is 1. The van der Waals surface area contributed by atoms with E-state index in [1.54, 1.807) is 24.3 Å². The highest BCUT2D eigenvalue weighted by molar-refractivity contribution is 6.25. The van der Waals surface area contributed by atoms with Gasteiger partial charge in [0.25, 0.3) is 11.8 Å². The molecule has 3 aliphatic heterocycles. The Hall–Kier alpha value is -7.06. The summed E-state index contributed by atoms with van der Waals surface area (Å²) in [5.41, 5.74) is 9.38. The summed E-state index contributed by atoms with van der Waals surface area (Å²) in [5.74, 6) is -0.545. The van der Waals surface area contributed by atoms with Gasteiger partial charge in [0, 0.05) is 43.4 Å². The Bertz CT molecular complexity index is 2570. The number of benzene rings is 3. The minimum atomic E-state index is -1.03. The molecule has 0 saturated carbocycles. The number of piperidine rings is 2. The van der Waals surface area contributed by atoms with Crippen molar-refractivity contribution in [3.63, 3.8) is 0 Å². The molecule has 344 valence electrons. The van der Waals surface area contributed by atoms with Crippen LogP contribution in [0.3, 0.4) is 0 Å². The second-order valence-electron chi connectivity index (χ2n) is 15.7. The zero-order valence-corrected chi connectivity index (χ0v) is 36.3. The number of hydrogen-bond acceptors (Lipinski definition) is 15. The van der Waals surface area contributed by atoms with Gasteiger partial charge in [-0.1, -0.05) is 30.3 Å². The standard InChI is InChI=1S/C47H51N9O10/c48-43-41-42(31-13-15-34(16-14-31)66-33-8-2-1-3-9-33)53-56(44(41)51-30-50-43)32-7-5-20-54(29-32)39(58)12-6-21-62-23-25-64-27-28-65-26-24-63-22-19-49-36-11-4-10-35-40(36)47(61)55(46(35)60)37-17-18-38(57)52-45(37)59/h1-4,6,8-16,30,32,37,49H,5,7,17-29H2,(H2,48,50,51)(H,52,57,59)/b12-6+. The second kappa shape index (κ2) is 21.7. The molecule has 8 rings (SSSR count). The molecule has 4 N–H and O–H groups in total. The predicted molar refractivity (Wildman–Crippen MR) is 241 cm³/mol. The zero-order valence-electron chi connectivity index (χ0n) is 36.3. The van der Waals surface area contributed by atoms with Gasteiger partial charge in [0.05, 0.1) is 75.4 Å². The summed E-state index contributed by atoms with van der Waals surface area (Å²) < 4.78 is 30.3. The van der Waals surface area contributed by atoms with Crippen LogP contribution in [-0.2, 0) is 33.3 Å². The van der Waals surface area contributed by atoms with Gasteiger partial charge in [-0.25, -0.2) is 14.6 Å². The molecule has 5 amide bonds. The first-order chi connectivity index (χ1) is 32.3. The quantitative estimate of drug-likeness (QED) is 0.0533. The minimum Gasteiger partial charge on any atom is -0.457 e. The van der Waals surface area contributed by atoms with Gasteiger partial charge < -0.3 is 39.6 Å². The topological polar surface area (TPSA) is 232 Å². The number of hydrogen-bond donors (Lipinski definition) is 3.